The van der Waals surface area contributed by atoms with Gasteiger partial charge >= 0.3 is 0 Å². The van der Waals surface area contributed by atoms with Gasteiger partial charge in [-0.3, -0.25) is 5.10 Å². The highest BCUT2D eigenvalue weighted by atomic mass is 16.3. The highest BCUT2D eigenvalue weighted by Crippen LogP contribution is 2.20. The third kappa shape index (κ3) is 2.67. The molecule has 1 unspecified atom stereocenters. The minimum atomic E-state index is -0.0722. The molecule has 0 amide bonds. The second-order valence-electron chi connectivity index (χ2n) is 4.18. The lowest BCUT2D eigenvalue weighted by molar-refractivity contribution is 0.281. The lowest BCUT2D eigenvalue weighted by atomic mass is 10.3. The molecule has 0 radical (unpaired) electrons. The van der Waals surface area contributed by atoms with Gasteiger partial charge in [0.1, 0.15) is 5.82 Å². The van der Waals surface area contributed by atoms with Crippen LogP contribution in [-0.4, -0.2) is 44.5 Å². The molecule has 0 bridgehead atoms. The molecule has 0 saturated heterocycles. The molecule has 2 aromatic rings. The lowest BCUT2D eigenvalue weighted by Gasteiger charge is -2.13. The van der Waals surface area contributed by atoms with Gasteiger partial charge in [-0.05, 0) is 13.3 Å². The van der Waals surface area contributed by atoms with Crippen LogP contribution in [0.2, 0.25) is 0 Å². The molecule has 7 nitrogen and oxygen atoms in total. The molecule has 0 aliphatic rings. The number of anilines is 2. The fraction of sp³-hybridized carbons (Fsp3) is 0.545. The van der Waals surface area contributed by atoms with Crippen LogP contribution in [0.25, 0.3) is 11.0 Å². The van der Waals surface area contributed by atoms with E-state index in [1.54, 1.807) is 6.20 Å². The smallest absolute Gasteiger partial charge is 0.226 e. The molecule has 2 aromatic heterocycles. The molecule has 2 rings (SSSR count). The Balaban J connectivity index is 2.32. The van der Waals surface area contributed by atoms with E-state index >= 15 is 0 Å². The van der Waals surface area contributed by atoms with Crippen LogP contribution in [0.15, 0.2) is 6.20 Å². The number of nitrogens with zero attached hydrogens (tertiary/aromatic N) is 3. The molecule has 7 heteroatoms. The zero-order valence-corrected chi connectivity index (χ0v) is 10.6. The number of nitrogens with one attached hydrogen (secondary N) is 3. The summed E-state index contributed by atoms with van der Waals surface area (Å²) >= 11 is 0. The van der Waals surface area contributed by atoms with Gasteiger partial charge in [0.05, 0.1) is 18.2 Å². The van der Waals surface area contributed by atoms with Gasteiger partial charge in [0.2, 0.25) is 5.95 Å². The van der Waals surface area contributed by atoms with Crippen molar-refractivity contribution in [3.8, 4) is 0 Å². The number of fused-ring (bicyclic) bond motifs is 1. The predicted octanol–water partition coefficient (Wildman–Crippen LogP) is 0.967. The first-order valence-corrected chi connectivity index (χ1v) is 6.07. The SMILES string of the molecule is CCCNc1nc(NC(C)CO)c2cn[nH]c2n1. The third-order valence-electron chi connectivity index (χ3n) is 2.50. The highest BCUT2D eigenvalue weighted by Gasteiger charge is 2.11. The number of aliphatic hydroxyl groups is 1. The quantitative estimate of drug-likeness (QED) is 0.609. The van der Waals surface area contributed by atoms with Crippen LogP contribution in [0.4, 0.5) is 11.8 Å². The Kier molecular flexibility index (Phi) is 3.93. The Hall–Kier alpha value is -1.89. The van der Waals surface area contributed by atoms with Gasteiger partial charge in [0, 0.05) is 12.6 Å². The second-order valence-corrected chi connectivity index (χ2v) is 4.18. The molecule has 0 fully saturated rings. The van der Waals surface area contributed by atoms with E-state index in [0.29, 0.717) is 17.4 Å². The van der Waals surface area contributed by atoms with Crippen LogP contribution in [-0.2, 0) is 0 Å². The molecule has 2 heterocycles. The maximum absolute atomic E-state index is 9.08. The van der Waals surface area contributed by atoms with Gasteiger partial charge in [-0.1, -0.05) is 6.92 Å². The van der Waals surface area contributed by atoms with Crippen molar-refractivity contribution >= 4 is 22.8 Å². The summed E-state index contributed by atoms with van der Waals surface area (Å²) in [5, 5.41) is 23.0. The first-order valence-electron chi connectivity index (χ1n) is 6.07. The molecule has 0 aromatic carbocycles. The Labute approximate surface area is 105 Å². The Bertz CT molecular complexity index is 511. The van der Waals surface area contributed by atoms with E-state index in [0.717, 1.165) is 18.4 Å². The number of hydrogen-bond acceptors (Lipinski definition) is 6. The monoisotopic (exact) mass is 250 g/mol. The van der Waals surface area contributed by atoms with Crippen LogP contribution >= 0.6 is 0 Å². The van der Waals surface area contributed by atoms with Gasteiger partial charge < -0.3 is 15.7 Å². The second kappa shape index (κ2) is 5.63. The number of aromatic amines is 1. The van der Waals surface area contributed by atoms with E-state index in [9.17, 15) is 0 Å². The van der Waals surface area contributed by atoms with Crippen molar-refractivity contribution in [3.63, 3.8) is 0 Å². The minimum absolute atomic E-state index is 0.0427. The van der Waals surface area contributed by atoms with E-state index < -0.39 is 0 Å². The molecule has 18 heavy (non-hydrogen) atoms. The molecule has 0 spiro atoms. The number of aromatic nitrogens is 4. The summed E-state index contributed by atoms with van der Waals surface area (Å²) in [6.45, 7) is 4.82. The zero-order valence-electron chi connectivity index (χ0n) is 10.6. The highest BCUT2D eigenvalue weighted by molar-refractivity contribution is 5.87. The molecule has 0 aliphatic carbocycles. The number of H-pyrrole nitrogens is 1. The van der Waals surface area contributed by atoms with Gasteiger partial charge in [-0.2, -0.15) is 15.1 Å². The third-order valence-corrected chi connectivity index (χ3v) is 2.50. The largest absolute Gasteiger partial charge is 0.394 e. The molecular formula is C11H18N6O. The van der Waals surface area contributed by atoms with E-state index in [1.165, 1.54) is 0 Å². The number of rotatable bonds is 6. The fourth-order valence-corrected chi connectivity index (χ4v) is 1.54. The van der Waals surface area contributed by atoms with Gasteiger partial charge in [-0.15, -0.1) is 0 Å². The molecular weight excluding hydrogens is 232 g/mol. The normalized spacial score (nSPS) is 12.6. The topological polar surface area (TPSA) is 98.8 Å². The summed E-state index contributed by atoms with van der Waals surface area (Å²) in [6, 6.07) is -0.0722. The van der Waals surface area contributed by atoms with Crippen LogP contribution < -0.4 is 10.6 Å². The van der Waals surface area contributed by atoms with Crippen molar-refractivity contribution in [2.24, 2.45) is 0 Å². The van der Waals surface area contributed by atoms with Gasteiger partial charge in [0.25, 0.3) is 0 Å². The van der Waals surface area contributed by atoms with Crippen LogP contribution in [0.1, 0.15) is 20.3 Å². The Morgan fingerprint density at radius 1 is 1.44 bits per heavy atom. The molecule has 98 valence electrons. The van der Waals surface area contributed by atoms with E-state index in [1.807, 2.05) is 6.92 Å². The molecule has 1 atom stereocenters. The van der Waals surface area contributed by atoms with Crippen molar-refractivity contribution in [3.05, 3.63) is 6.20 Å². The van der Waals surface area contributed by atoms with E-state index in [-0.39, 0.29) is 12.6 Å². The summed E-state index contributed by atoms with van der Waals surface area (Å²) in [6.07, 6.45) is 2.67. The maximum atomic E-state index is 9.08. The number of hydrogen-bond donors (Lipinski definition) is 4. The number of aliphatic hydroxyl groups excluding tert-OH is 1. The standard InChI is InChI=1S/C11H18N6O/c1-3-4-12-11-15-9(14-7(2)6-18)8-5-13-17-10(8)16-11/h5,7,18H,3-4,6H2,1-2H3,(H3,12,13,14,15,16,17). The van der Waals surface area contributed by atoms with Crippen LogP contribution in [0.5, 0.6) is 0 Å². The fourth-order valence-electron chi connectivity index (χ4n) is 1.54. The molecule has 0 saturated carbocycles. The average Bonchev–Trinajstić information content (AvgIpc) is 2.84. The van der Waals surface area contributed by atoms with Gasteiger partial charge in [0.15, 0.2) is 5.65 Å². The summed E-state index contributed by atoms with van der Waals surface area (Å²) < 4.78 is 0. The summed E-state index contributed by atoms with van der Waals surface area (Å²) in [7, 11) is 0. The molecule has 4 N–H and O–H groups in total. The average molecular weight is 250 g/mol. The summed E-state index contributed by atoms with van der Waals surface area (Å²) in [5.74, 6) is 1.23. The summed E-state index contributed by atoms with van der Waals surface area (Å²) in [5.41, 5.74) is 0.677. The first-order chi connectivity index (χ1) is 8.74. The zero-order chi connectivity index (χ0) is 13.0. The van der Waals surface area contributed by atoms with Gasteiger partial charge in [-0.25, -0.2) is 0 Å². The Morgan fingerprint density at radius 2 is 2.28 bits per heavy atom. The predicted molar refractivity (Wildman–Crippen MR) is 70.6 cm³/mol. The van der Waals surface area contributed by atoms with E-state index in [2.05, 4.69) is 37.7 Å². The van der Waals surface area contributed by atoms with Crippen molar-refractivity contribution in [2.75, 3.05) is 23.8 Å². The van der Waals surface area contributed by atoms with Crippen LogP contribution in [0, 0.1) is 0 Å². The van der Waals surface area contributed by atoms with Crippen molar-refractivity contribution in [1.29, 1.82) is 0 Å². The van der Waals surface area contributed by atoms with Crippen molar-refractivity contribution in [1.82, 2.24) is 20.2 Å². The minimum Gasteiger partial charge on any atom is -0.394 e. The Morgan fingerprint density at radius 3 is 3.00 bits per heavy atom. The van der Waals surface area contributed by atoms with Crippen LogP contribution in [0.3, 0.4) is 0 Å². The van der Waals surface area contributed by atoms with Crippen molar-refractivity contribution in [2.45, 2.75) is 26.3 Å². The summed E-state index contributed by atoms with van der Waals surface area (Å²) in [4.78, 5) is 8.72. The van der Waals surface area contributed by atoms with E-state index in [4.69, 9.17) is 5.11 Å². The molecule has 0 aliphatic heterocycles. The van der Waals surface area contributed by atoms with Crippen molar-refractivity contribution < 1.29 is 5.11 Å². The lowest BCUT2D eigenvalue weighted by Crippen LogP contribution is -2.20. The first kappa shape index (κ1) is 12.6. The maximum Gasteiger partial charge on any atom is 0.226 e.